The molecule has 0 aliphatic carbocycles. The maximum absolute atomic E-state index is 6.19. The normalized spacial score (nSPS) is 11.1. The molecule has 0 radical (unpaired) electrons. The van der Waals surface area contributed by atoms with Crippen LogP contribution in [0.15, 0.2) is 48.5 Å². The van der Waals surface area contributed by atoms with E-state index in [0.717, 1.165) is 24.8 Å². The number of aromatic nitrogens is 1. The van der Waals surface area contributed by atoms with Crippen molar-refractivity contribution in [3.8, 4) is 0 Å². The molecule has 0 bridgehead atoms. The summed E-state index contributed by atoms with van der Waals surface area (Å²) in [5.74, 6) is 0.670. The van der Waals surface area contributed by atoms with Crippen molar-refractivity contribution in [2.45, 2.75) is 45.6 Å². The molecule has 3 rings (SSSR count). The van der Waals surface area contributed by atoms with Gasteiger partial charge in [-0.1, -0.05) is 56.2 Å². The number of rotatable bonds is 7. The van der Waals surface area contributed by atoms with Crippen LogP contribution in [0, 0.1) is 0 Å². The molecule has 25 heavy (non-hydrogen) atoms. The number of aryl methyl sites for hydroxylation is 1. The van der Waals surface area contributed by atoms with E-state index in [0.29, 0.717) is 12.4 Å². The highest BCUT2D eigenvalue weighted by atomic mass is 14.8. The molecule has 130 valence electrons. The van der Waals surface area contributed by atoms with Gasteiger partial charge in [-0.2, -0.15) is 0 Å². The zero-order valence-electron chi connectivity index (χ0n) is 15.0. The Bertz CT molecular complexity index is 855. The summed E-state index contributed by atoms with van der Waals surface area (Å²) in [7, 11) is 0. The zero-order chi connectivity index (χ0) is 17.6. The predicted molar refractivity (Wildman–Crippen MR) is 107 cm³/mol. The molecule has 3 nitrogen and oxygen atoms in total. The van der Waals surface area contributed by atoms with Gasteiger partial charge in [0.05, 0.1) is 5.52 Å². The summed E-state index contributed by atoms with van der Waals surface area (Å²) in [5, 5.41) is 1.20. The maximum atomic E-state index is 6.19. The lowest BCUT2D eigenvalue weighted by molar-refractivity contribution is 0.717. The largest absolute Gasteiger partial charge is 0.383 e. The van der Waals surface area contributed by atoms with Crippen molar-refractivity contribution in [3.63, 3.8) is 0 Å². The standard InChI is InChI=1S/C22H27N3/c1-2-3-4-9-18-14-20-17(11-7-12-21(20)25-22(18)24)13-16-8-5-6-10-19(16)15-23/h5-8,10-12,14H,2-4,9,13,15,23H2,1H3,(H2,24,25). The Labute approximate surface area is 150 Å². The third kappa shape index (κ3) is 3.99. The van der Waals surface area contributed by atoms with Crippen molar-refractivity contribution in [2.75, 3.05) is 5.73 Å². The van der Waals surface area contributed by atoms with Crippen LogP contribution >= 0.6 is 0 Å². The molecule has 0 unspecified atom stereocenters. The first kappa shape index (κ1) is 17.4. The summed E-state index contributed by atoms with van der Waals surface area (Å²) in [6, 6.07) is 16.9. The van der Waals surface area contributed by atoms with Crippen LogP contribution in [0.2, 0.25) is 0 Å². The number of anilines is 1. The van der Waals surface area contributed by atoms with Crippen molar-refractivity contribution in [1.82, 2.24) is 4.98 Å². The van der Waals surface area contributed by atoms with Gasteiger partial charge in [0.2, 0.25) is 0 Å². The highest BCUT2D eigenvalue weighted by Crippen LogP contribution is 2.26. The molecule has 1 heterocycles. The maximum Gasteiger partial charge on any atom is 0.127 e. The summed E-state index contributed by atoms with van der Waals surface area (Å²) in [5.41, 5.74) is 18.0. The van der Waals surface area contributed by atoms with Crippen LogP contribution in [-0.4, -0.2) is 4.98 Å². The third-order valence-electron chi connectivity index (χ3n) is 4.83. The summed E-state index contributed by atoms with van der Waals surface area (Å²) in [6.45, 7) is 2.78. The van der Waals surface area contributed by atoms with Crippen LogP contribution in [0.5, 0.6) is 0 Å². The van der Waals surface area contributed by atoms with E-state index in [1.54, 1.807) is 0 Å². The summed E-state index contributed by atoms with van der Waals surface area (Å²) < 4.78 is 0. The molecule has 0 saturated heterocycles. The van der Waals surface area contributed by atoms with Gasteiger partial charge in [-0.25, -0.2) is 4.98 Å². The van der Waals surface area contributed by atoms with Crippen LogP contribution in [0.4, 0.5) is 5.82 Å². The first-order valence-electron chi connectivity index (χ1n) is 9.16. The molecular formula is C22H27N3. The van der Waals surface area contributed by atoms with Gasteiger partial charge in [-0.05, 0) is 53.6 Å². The van der Waals surface area contributed by atoms with E-state index in [1.807, 2.05) is 12.1 Å². The van der Waals surface area contributed by atoms with E-state index in [1.165, 1.54) is 40.5 Å². The number of nitrogens with two attached hydrogens (primary N) is 2. The van der Waals surface area contributed by atoms with E-state index < -0.39 is 0 Å². The Morgan fingerprint density at radius 3 is 2.40 bits per heavy atom. The minimum absolute atomic E-state index is 0.564. The van der Waals surface area contributed by atoms with Crippen molar-refractivity contribution in [1.29, 1.82) is 0 Å². The minimum atomic E-state index is 0.564. The molecule has 1 aromatic heterocycles. The molecule has 0 aliphatic rings. The fourth-order valence-corrected chi connectivity index (χ4v) is 3.37. The molecule has 3 aromatic rings. The third-order valence-corrected chi connectivity index (χ3v) is 4.83. The van der Waals surface area contributed by atoms with E-state index >= 15 is 0 Å². The first-order valence-corrected chi connectivity index (χ1v) is 9.16. The first-order chi connectivity index (χ1) is 12.2. The number of hydrogen-bond acceptors (Lipinski definition) is 3. The van der Waals surface area contributed by atoms with E-state index in [4.69, 9.17) is 11.5 Å². The topological polar surface area (TPSA) is 64.9 Å². The van der Waals surface area contributed by atoms with Gasteiger partial charge >= 0.3 is 0 Å². The average molecular weight is 333 g/mol. The molecule has 0 amide bonds. The SMILES string of the molecule is CCCCCc1cc2c(Cc3ccccc3CN)cccc2nc1N. The summed E-state index contributed by atoms with van der Waals surface area (Å²) >= 11 is 0. The lowest BCUT2D eigenvalue weighted by Gasteiger charge is -2.12. The highest BCUT2D eigenvalue weighted by molar-refractivity contribution is 5.85. The smallest absolute Gasteiger partial charge is 0.127 e. The number of pyridine rings is 1. The molecule has 0 aliphatic heterocycles. The van der Waals surface area contributed by atoms with Crippen molar-refractivity contribution < 1.29 is 0 Å². The monoisotopic (exact) mass is 333 g/mol. The van der Waals surface area contributed by atoms with Crippen LogP contribution in [-0.2, 0) is 19.4 Å². The minimum Gasteiger partial charge on any atom is -0.383 e. The fraction of sp³-hybridized carbons (Fsp3) is 0.318. The molecule has 0 atom stereocenters. The Morgan fingerprint density at radius 2 is 1.64 bits per heavy atom. The van der Waals surface area contributed by atoms with Crippen molar-refractivity contribution in [2.24, 2.45) is 5.73 Å². The highest BCUT2D eigenvalue weighted by Gasteiger charge is 2.09. The van der Waals surface area contributed by atoms with Gasteiger partial charge in [0.15, 0.2) is 0 Å². The second-order valence-corrected chi connectivity index (χ2v) is 6.62. The van der Waals surface area contributed by atoms with E-state index in [2.05, 4.69) is 48.3 Å². The van der Waals surface area contributed by atoms with Crippen LogP contribution in [0.3, 0.4) is 0 Å². The van der Waals surface area contributed by atoms with Crippen LogP contribution in [0.1, 0.15) is 48.4 Å². The van der Waals surface area contributed by atoms with Gasteiger partial charge in [-0.15, -0.1) is 0 Å². The van der Waals surface area contributed by atoms with Gasteiger partial charge in [0.25, 0.3) is 0 Å². The molecular weight excluding hydrogens is 306 g/mol. The molecule has 2 aromatic carbocycles. The van der Waals surface area contributed by atoms with Crippen molar-refractivity contribution >= 4 is 16.7 Å². The number of hydrogen-bond donors (Lipinski definition) is 2. The fourth-order valence-electron chi connectivity index (χ4n) is 3.37. The number of benzene rings is 2. The molecule has 0 spiro atoms. The number of unbranched alkanes of at least 4 members (excludes halogenated alkanes) is 2. The Kier molecular flexibility index (Phi) is 5.67. The Hall–Kier alpha value is -2.39. The second kappa shape index (κ2) is 8.13. The van der Waals surface area contributed by atoms with E-state index in [-0.39, 0.29) is 0 Å². The molecule has 4 N–H and O–H groups in total. The van der Waals surface area contributed by atoms with Gasteiger partial charge in [-0.3, -0.25) is 0 Å². The van der Waals surface area contributed by atoms with Gasteiger partial charge in [0.1, 0.15) is 5.82 Å². The lowest BCUT2D eigenvalue weighted by Crippen LogP contribution is -2.03. The summed E-state index contributed by atoms with van der Waals surface area (Å²) in [6.07, 6.45) is 5.46. The van der Waals surface area contributed by atoms with Crippen LogP contribution < -0.4 is 11.5 Å². The Balaban J connectivity index is 1.98. The number of nitrogen functional groups attached to an aromatic ring is 1. The zero-order valence-corrected chi connectivity index (χ0v) is 15.0. The van der Waals surface area contributed by atoms with Crippen LogP contribution in [0.25, 0.3) is 10.9 Å². The molecule has 3 heteroatoms. The predicted octanol–water partition coefficient (Wildman–Crippen LogP) is 4.60. The summed E-state index contributed by atoms with van der Waals surface area (Å²) in [4.78, 5) is 4.65. The van der Waals surface area contributed by atoms with Crippen molar-refractivity contribution in [3.05, 3.63) is 70.8 Å². The Morgan fingerprint density at radius 1 is 0.880 bits per heavy atom. The number of nitrogens with zero attached hydrogens (tertiary/aromatic N) is 1. The second-order valence-electron chi connectivity index (χ2n) is 6.62. The number of fused-ring (bicyclic) bond motifs is 1. The van der Waals surface area contributed by atoms with Gasteiger partial charge in [0, 0.05) is 11.9 Å². The van der Waals surface area contributed by atoms with E-state index in [9.17, 15) is 0 Å². The molecule has 0 fully saturated rings. The lowest BCUT2D eigenvalue weighted by atomic mass is 9.95. The quantitative estimate of drug-likeness (QED) is 0.621. The molecule has 0 saturated carbocycles. The van der Waals surface area contributed by atoms with Gasteiger partial charge < -0.3 is 11.5 Å². The average Bonchev–Trinajstić information content (AvgIpc) is 2.63.